The number of aromatic nitrogens is 4. The average molecular weight is 390 g/mol. The molecule has 2 aliphatic carbocycles. The molecule has 6 heteroatoms. The number of carbonyl (C=O) groups excluding carboxylic acids is 1. The van der Waals surface area contributed by atoms with E-state index in [1.54, 1.807) is 16.9 Å². The van der Waals surface area contributed by atoms with Crippen LogP contribution in [-0.4, -0.2) is 25.4 Å². The Balaban J connectivity index is 0.00000218. The maximum absolute atomic E-state index is 13.3. The quantitative estimate of drug-likeness (QED) is 0.667. The minimum atomic E-state index is 0. The molecular weight excluding hydrogens is 362 g/mol. The summed E-state index contributed by atoms with van der Waals surface area (Å²) in [5.41, 5.74) is 11.4. The Morgan fingerprint density at radius 3 is 2.76 bits per heavy atom. The van der Waals surface area contributed by atoms with Crippen LogP contribution in [0.15, 0.2) is 36.8 Å². The number of hydrogen-bond acceptors (Lipinski definition) is 5. The van der Waals surface area contributed by atoms with Crippen molar-refractivity contribution in [1.29, 1.82) is 0 Å². The molecule has 0 unspecified atom stereocenters. The molecule has 2 N–H and O–H groups in total. The zero-order valence-corrected chi connectivity index (χ0v) is 16.5. The van der Waals surface area contributed by atoms with E-state index in [0.717, 1.165) is 65.6 Å². The van der Waals surface area contributed by atoms with Crippen molar-refractivity contribution >= 4 is 22.8 Å². The molecule has 1 saturated carbocycles. The van der Waals surface area contributed by atoms with Crippen LogP contribution in [0.25, 0.3) is 11.1 Å². The first-order valence-corrected chi connectivity index (χ1v) is 10.5. The van der Waals surface area contributed by atoms with Crippen molar-refractivity contribution in [3.05, 3.63) is 59.2 Å². The molecule has 0 aliphatic heterocycles. The Labute approximate surface area is 171 Å². The number of carbonyl (C=O) groups is 1. The predicted octanol–water partition coefficient (Wildman–Crippen LogP) is 4.48. The van der Waals surface area contributed by atoms with Gasteiger partial charge in [-0.2, -0.15) is 5.10 Å². The van der Waals surface area contributed by atoms with Gasteiger partial charge in [0.05, 0.1) is 23.0 Å². The van der Waals surface area contributed by atoms with Gasteiger partial charge in [0.2, 0.25) is 5.95 Å². The third-order valence-electron chi connectivity index (χ3n) is 6.25. The Kier molecular flexibility index (Phi) is 4.62. The van der Waals surface area contributed by atoms with Crippen LogP contribution in [-0.2, 0) is 6.42 Å². The number of nitrogens with two attached hydrogens (primary N) is 1. The van der Waals surface area contributed by atoms with E-state index in [-0.39, 0.29) is 13.1 Å². The van der Waals surface area contributed by atoms with Crippen LogP contribution in [0.1, 0.15) is 73.6 Å². The fraction of sp³-hybridized carbons (Fsp3) is 0.391. The van der Waals surface area contributed by atoms with Crippen molar-refractivity contribution in [3.63, 3.8) is 0 Å². The van der Waals surface area contributed by atoms with Gasteiger partial charge in [0.15, 0.2) is 5.78 Å². The summed E-state index contributed by atoms with van der Waals surface area (Å²) in [6, 6.07) is 4.10. The van der Waals surface area contributed by atoms with E-state index in [4.69, 9.17) is 5.73 Å². The van der Waals surface area contributed by atoms with Crippen molar-refractivity contribution in [3.8, 4) is 0 Å². The highest BCUT2D eigenvalue weighted by atomic mass is 16.1. The lowest BCUT2D eigenvalue weighted by atomic mass is 9.86. The number of rotatable bonds is 3. The van der Waals surface area contributed by atoms with Gasteiger partial charge >= 0.3 is 0 Å². The number of hydrogen-bond donors (Lipinski definition) is 1. The molecule has 3 heterocycles. The highest BCUT2D eigenvalue weighted by molar-refractivity contribution is 6.04. The second kappa shape index (κ2) is 7.43. The first-order chi connectivity index (χ1) is 14.2. The molecule has 0 atom stereocenters. The lowest BCUT2D eigenvalue weighted by Crippen LogP contribution is -2.16. The summed E-state index contributed by atoms with van der Waals surface area (Å²) in [7, 11) is 0. The summed E-state index contributed by atoms with van der Waals surface area (Å²) in [6.45, 7) is 0. The normalized spacial score (nSPS) is 17.6. The third-order valence-corrected chi connectivity index (χ3v) is 6.25. The van der Waals surface area contributed by atoms with E-state index in [9.17, 15) is 4.79 Å². The highest BCUT2D eigenvalue weighted by Gasteiger charge is 2.24. The zero-order valence-electron chi connectivity index (χ0n) is 16.5. The van der Waals surface area contributed by atoms with E-state index < -0.39 is 0 Å². The molecule has 1 fully saturated rings. The van der Waals surface area contributed by atoms with Crippen molar-refractivity contribution < 1.29 is 6.22 Å². The Morgan fingerprint density at radius 2 is 1.93 bits per heavy atom. The Bertz CT molecular complexity index is 1110. The van der Waals surface area contributed by atoms with Crippen LogP contribution in [0.3, 0.4) is 0 Å². The Hall–Kier alpha value is -3.02. The lowest BCUT2D eigenvalue weighted by molar-refractivity contribution is 0.0900. The molecule has 0 saturated heterocycles. The molecule has 6 nitrogen and oxygen atoms in total. The fourth-order valence-electron chi connectivity index (χ4n) is 4.67. The molecule has 0 bridgehead atoms. The zero-order chi connectivity index (χ0) is 19.8. The van der Waals surface area contributed by atoms with Gasteiger partial charge in [-0.05, 0) is 36.1 Å². The fourth-order valence-corrected chi connectivity index (χ4v) is 4.67. The van der Waals surface area contributed by atoms with Gasteiger partial charge in [0.25, 0.3) is 0 Å². The van der Waals surface area contributed by atoms with Crippen LogP contribution in [0, 0.1) is 5.92 Å². The van der Waals surface area contributed by atoms with Gasteiger partial charge in [0, 0.05) is 31.7 Å². The topological polar surface area (TPSA) is 86.2 Å². The SMILES string of the molecule is Nc1ncc2c(n1)CC=C2c1ccn2ncc(C(=O)C3CCCCCCC3)c2c1.[HH]. The smallest absolute Gasteiger partial charge is 0.220 e. The van der Waals surface area contributed by atoms with Crippen LogP contribution in [0.5, 0.6) is 0 Å². The van der Waals surface area contributed by atoms with E-state index in [1.807, 2.05) is 12.3 Å². The standard InChI is InChI=1S/C23H25N5O.H2/c24-23-25-13-18-17(8-9-20(18)27-23)16-10-11-28-21(12-16)19(14-26-28)22(29)15-6-4-2-1-3-5-7-15;/h8,10-15H,1-7,9H2,(H2,24,25,27);1H. The molecule has 2 aliphatic rings. The molecule has 0 spiro atoms. The number of pyridine rings is 1. The van der Waals surface area contributed by atoms with Crippen LogP contribution in [0.2, 0.25) is 0 Å². The van der Waals surface area contributed by atoms with Crippen LogP contribution >= 0.6 is 0 Å². The predicted molar refractivity (Wildman–Crippen MR) is 115 cm³/mol. The number of Topliss-reactive ketones (excluding diaryl/α,β-unsaturated/α-hetero) is 1. The first kappa shape index (κ1) is 18.0. The number of anilines is 1. The van der Waals surface area contributed by atoms with Gasteiger partial charge in [-0.1, -0.05) is 38.2 Å². The van der Waals surface area contributed by atoms with Gasteiger partial charge in [0.1, 0.15) is 0 Å². The summed E-state index contributed by atoms with van der Waals surface area (Å²) in [4.78, 5) is 21.8. The number of nitrogens with zero attached hydrogens (tertiary/aromatic N) is 4. The van der Waals surface area contributed by atoms with Gasteiger partial charge in [-0.3, -0.25) is 4.79 Å². The van der Waals surface area contributed by atoms with Crippen molar-refractivity contribution in [1.82, 2.24) is 19.6 Å². The lowest BCUT2D eigenvalue weighted by Gasteiger charge is -2.18. The number of ketones is 1. The summed E-state index contributed by atoms with van der Waals surface area (Å²) in [5, 5.41) is 4.44. The minimum absolute atomic E-state index is 0. The minimum Gasteiger partial charge on any atom is -0.368 e. The number of allylic oxidation sites excluding steroid dienone is 1. The van der Waals surface area contributed by atoms with E-state index >= 15 is 0 Å². The van der Waals surface area contributed by atoms with Crippen molar-refractivity contribution in [2.45, 2.75) is 51.4 Å². The molecular formula is C23H27N5O. The largest absolute Gasteiger partial charge is 0.368 e. The van der Waals surface area contributed by atoms with Gasteiger partial charge in [-0.15, -0.1) is 0 Å². The second-order valence-corrected chi connectivity index (χ2v) is 8.12. The maximum Gasteiger partial charge on any atom is 0.220 e. The highest BCUT2D eigenvalue weighted by Crippen LogP contribution is 2.33. The number of nitrogen functional groups attached to an aromatic ring is 1. The molecule has 3 aromatic rings. The monoisotopic (exact) mass is 389 g/mol. The molecule has 0 amide bonds. The summed E-state index contributed by atoms with van der Waals surface area (Å²) in [6.07, 6.45) is 16.4. The van der Waals surface area contributed by atoms with E-state index in [0.29, 0.717) is 5.95 Å². The van der Waals surface area contributed by atoms with Crippen molar-refractivity contribution in [2.24, 2.45) is 5.92 Å². The van der Waals surface area contributed by atoms with E-state index in [1.165, 1.54) is 19.3 Å². The third kappa shape index (κ3) is 3.33. The molecule has 3 aromatic heterocycles. The van der Waals surface area contributed by atoms with Gasteiger partial charge < -0.3 is 5.73 Å². The van der Waals surface area contributed by atoms with Crippen LogP contribution in [0.4, 0.5) is 5.95 Å². The molecule has 0 aromatic carbocycles. The average Bonchev–Trinajstić information content (AvgIpc) is 3.30. The summed E-state index contributed by atoms with van der Waals surface area (Å²) in [5.74, 6) is 0.669. The summed E-state index contributed by atoms with van der Waals surface area (Å²) >= 11 is 0. The molecule has 29 heavy (non-hydrogen) atoms. The molecule has 5 rings (SSSR count). The Morgan fingerprint density at radius 1 is 1.14 bits per heavy atom. The van der Waals surface area contributed by atoms with Crippen molar-refractivity contribution in [2.75, 3.05) is 5.73 Å². The summed E-state index contributed by atoms with van der Waals surface area (Å²) < 4.78 is 1.80. The number of fused-ring (bicyclic) bond motifs is 2. The molecule has 0 radical (unpaired) electrons. The maximum atomic E-state index is 13.3. The molecule has 150 valence electrons. The van der Waals surface area contributed by atoms with E-state index in [2.05, 4.69) is 27.2 Å². The van der Waals surface area contributed by atoms with Gasteiger partial charge in [-0.25, -0.2) is 14.5 Å². The van der Waals surface area contributed by atoms with Crippen LogP contribution < -0.4 is 5.73 Å². The second-order valence-electron chi connectivity index (χ2n) is 8.12. The first-order valence-electron chi connectivity index (χ1n) is 10.5.